The second kappa shape index (κ2) is 12.8. The molecule has 2 heterocycles. The van der Waals surface area contributed by atoms with Gasteiger partial charge in [0.15, 0.2) is 8.32 Å². The Kier molecular flexibility index (Phi) is 9.13. The van der Waals surface area contributed by atoms with Crippen LogP contribution in [0.4, 0.5) is 0 Å². The summed E-state index contributed by atoms with van der Waals surface area (Å²) in [5.41, 5.74) is 3.50. The molecule has 0 radical (unpaired) electrons. The van der Waals surface area contributed by atoms with Gasteiger partial charge in [0.2, 0.25) is 5.91 Å². The van der Waals surface area contributed by atoms with E-state index in [1.807, 2.05) is 85.9 Å². The van der Waals surface area contributed by atoms with E-state index < -0.39 is 8.32 Å². The molecule has 0 spiro atoms. The summed E-state index contributed by atoms with van der Waals surface area (Å²) >= 11 is 0. The molecule has 3 aromatic carbocycles. The Morgan fingerprint density at radius 1 is 1.00 bits per heavy atom. The minimum absolute atomic E-state index is 0.0783. The van der Waals surface area contributed by atoms with Crippen molar-refractivity contribution in [2.24, 2.45) is 5.92 Å². The van der Waals surface area contributed by atoms with Crippen LogP contribution < -0.4 is 5.56 Å². The van der Waals surface area contributed by atoms with Gasteiger partial charge in [-0.15, -0.1) is 0 Å². The molecule has 8 nitrogen and oxygen atoms in total. The monoisotopic (exact) mass is 587 g/mol. The molecule has 1 aliphatic heterocycles. The minimum Gasteiger partial charge on any atom is -0.432 e. The Morgan fingerprint density at radius 3 is 2.43 bits per heavy atom. The first-order valence-corrected chi connectivity index (χ1v) is 17.8. The number of H-pyrrole nitrogens is 1. The second-order valence-corrected chi connectivity index (χ2v) is 16.0. The highest BCUT2D eigenvalue weighted by atomic mass is 28.4. The zero-order valence-corrected chi connectivity index (χ0v) is 25.6. The predicted molar refractivity (Wildman–Crippen MR) is 167 cm³/mol. The van der Waals surface area contributed by atoms with Crippen molar-refractivity contribution in [3.63, 3.8) is 0 Å². The van der Waals surface area contributed by atoms with E-state index in [1.165, 1.54) is 0 Å². The van der Waals surface area contributed by atoms with Gasteiger partial charge in [-0.25, -0.2) is 4.68 Å². The number of hydrogen-bond donors (Lipinski definition) is 3. The molecule has 0 bridgehead atoms. The molecule has 222 valence electrons. The number of aryl methyl sites for hydroxylation is 1. The van der Waals surface area contributed by atoms with E-state index in [9.17, 15) is 19.5 Å². The Labute approximate surface area is 247 Å². The van der Waals surface area contributed by atoms with Crippen LogP contribution in [-0.4, -0.2) is 64.2 Å². The van der Waals surface area contributed by atoms with Crippen molar-refractivity contribution in [2.45, 2.75) is 63.6 Å². The van der Waals surface area contributed by atoms with Crippen LogP contribution in [-0.2, 0) is 22.5 Å². The van der Waals surface area contributed by atoms with Gasteiger partial charge >= 0.3 is 0 Å². The third kappa shape index (κ3) is 6.60. The molecule has 42 heavy (non-hydrogen) atoms. The Balaban J connectivity index is 1.28. The standard InChI is InChI=1S/C33H41N3O5Si/c1-23-29(17-16-24-12-9-13-26(20-24)36-33(39)27-14-7-8-15-28(27)34-36)41-30(32(23)42(2,3)40)21-31(38)35(18-19-37)22-25-10-5-4-6-11-25/h4-15,20,23,29-30,32,34,37,40H,16-19,21-22H2,1-3H3/t23-,29+,30-,32+/m1/s1. The maximum Gasteiger partial charge on any atom is 0.279 e. The number of nitrogens with zero attached hydrogens (tertiary/aromatic N) is 2. The average Bonchev–Trinajstić information content (AvgIpc) is 3.48. The number of nitrogens with one attached hydrogen (secondary N) is 1. The number of aromatic amines is 1. The lowest BCUT2D eigenvalue weighted by atomic mass is 9.95. The van der Waals surface area contributed by atoms with Crippen LogP contribution >= 0.6 is 0 Å². The molecule has 4 aromatic rings. The third-order valence-electron chi connectivity index (χ3n) is 8.51. The van der Waals surface area contributed by atoms with Crippen LogP contribution in [0.2, 0.25) is 18.6 Å². The lowest BCUT2D eigenvalue weighted by Crippen LogP contribution is -2.42. The number of benzene rings is 3. The normalized spacial score (nSPS) is 20.7. The van der Waals surface area contributed by atoms with Gasteiger partial charge in [0.05, 0.1) is 41.8 Å². The van der Waals surface area contributed by atoms with E-state index in [0.29, 0.717) is 11.9 Å². The van der Waals surface area contributed by atoms with Crippen LogP contribution in [0.5, 0.6) is 0 Å². The zero-order valence-electron chi connectivity index (χ0n) is 24.6. The molecule has 4 atom stereocenters. The average molecular weight is 588 g/mol. The molecule has 0 unspecified atom stereocenters. The number of aromatic nitrogens is 2. The van der Waals surface area contributed by atoms with Crippen LogP contribution in [0.25, 0.3) is 16.6 Å². The number of hydrogen-bond acceptors (Lipinski definition) is 5. The summed E-state index contributed by atoms with van der Waals surface area (Å²) in [6.07, 6.45) is 1.17. The van der Waals surface area contributed by atoms with E-state index in [-0.39, 0.29) is 54.7 Å². The highest BCUT2D eigenvalue weighted by molar-refractivity contribution is 6.71. The van der Waals surface area contributed by atoms with Crippen LogP contribution in [0.15, 0.2) is 83.7 Å². The number of rotatable bonds is 11. The maximum atomic E-state index is 13.5. The maximum absolute atomic E-state index is 13.5. The quantitative estimate of drug-likeness (QED) is 0.222. The number of carbonyl (C=O) groups is 1. The highest BCUT2D eigenvalue weighted by Crippen LogP contribution is 2.45. The van der Waals surface area contributed by atoms with E-state index in [1.54, 1.807) is 9.58 Å². The number of aliphatic hydroxyl groups is 1. The Hall–Kier alpha value is -3.50. The lowest BCUT2D eigenvalue weighted by Gasteiger charge is -2.31. The summed E-state index contributed by atoms with van der Waals surface area (Å²) in [7, 11) is -2.66. The van der Waals surface area contributed by atoms with Gasteiger partial charge in [-0.3, -0.25) is 14.7 Å². The van der Waals surface area contributed by atoms with Gasteiger partial charge in [0.25, 0.3) is 5.56 Å². The van der Waals surface area contributed by atoms with Crippen molar-refractivity contribution in [1.29, 1.82) is 0 Å². The number of aliphatic hydroxyl groups excluding tert-OH is 1. The first kappa shape index (κ1) is 30.0. The highest BCUT2D eigenvalue weighted by Gasteiger charge is 2.50. The molecule has 1 aliphatic rings. The molecular weight excluding hydrogens is 546 g/mol. The van der Waals surface area contributed by atoms with Crippen molar-refractivity contribution >= 4 is 25.1 Å². The van der Waals surface area contributed by atoms with Gasteiger partial charge in [-0.1, -0.05) is 61.5 Å². The summed E-state index contributed by atoms with van der Waals surface area (Å²) in [5, 5.41) is 13.5. The number of carbonyl (C=O) groups excluding carboxylic acids is 1. The van der Waals surface area contributed by atoms with Crippen molar-refractivity contribution in [3.05, 3.63) is 100 Å². The molecular formula is C33H41N3O5Si. The molecule has 5 rings (SSSR count). The largest absolute Gasteiger partial charge is 0.432 e. The zero-order chi connectivity index (χ0) is 29.9. The third-order valence-corrected chi connectivity index (χ3v) is 11.0. The first-order valence-electron chi connectivity index (χ1n) is 14.7. The van der Waals surface area contributed by atoms with Crippen molar-refractivity contribution in [3.8, 4) is 5.69 Å². The van der Waals surface area contributed by atoms with Gasteiger partial charge in [0, 0.05) is 18.6 Å². The minimum atomic E-state index is -2.66. The van der Waals surface area contributed by atoms with Gasteiger partial charge < -0.3 is 19.5 Å². The SMILES string of the molecule is C[C@H]1[C@H]([Si](C)(C)O)[C@@H](CC(=O)N(CCO)Cc2ccccc2)O[C@H]1CCc1cccc(-n2[nH]c3ccccc3c2=O)c1. The summed E-state index contributed by atoms with van der Waals surface area (Å²) in [6, 6.07) is 25.2. The number of para-hydroxylation sites is 1. The van der Waals surface area contributed by atoms with E-state index in [0.717, 1.165) is 35.2 Å². The van der Waals surface area contributed by atoms with Crippen LogP contribution in [0.3, 0.4) is 0 Å². The molecule has 3 N–H and O–H groups in total. The fourth-order valence-electron chi connectivity index (χ4n) is 6.53. The van der Waals surface area contributed by atoms with Crippen molar-refractivity contribution < 1.29 is 19.4 Å². The molecule has 1 amide bonds. The Morgan fingerprint density at radius 2 is 1.71 bits per heavy atom. The van der Waals surface area contributed by atoms with Crippen LogP contribution in [0.1, 0.15) is 30.9 Å². The fraction of sp³-hybridized carbons (Fsp3) is 0.394. The number of ether oxygens (including phenoxy) is 1. The van der Waals surface area contributed by atoms with E-state index in [4.69, 9.17) is 4.74 Å². The summed E-state index contributed by atoms with van der Waals surface area (Å²) in [5.74, 6) is 0.0138. The number of fused-ring (bicyclic) bond motifs is 1. The fourth-order valence-corrected chi connectivity index (χ4v) is 9.13. The van der Waals surface area contributed by atoms with Gasteiger partial charge in [-0.2, -0.15) is 0 Å². The lowest BCUT2D eigenvalue weighted by molar-refractivity contribution is -0.135. The van der Waals surface area contributed by atoms with Gasteiger partial charge in [0.1, 0.15) is 0 Å². The molecule has 0 aliphatic carbocycles. The van der Waals surface area contributed by atoms with E-state index >= 15 is 0 Å². The predicted octanol–water partition coefficient (Wildman–Crippen LogP) is 4.63. The topological polar surface area (TPSA) is 108 Å². The summed E-state index contributed by atoms with van der Waals surface area (Å²) in [6.45, 7) is 6.53. The molecule has 9 heteroatoms. The molecule has 1 saturated heterocycles. The molecule has 1 aromatic heterocycles. The van der Waals surface area contributed by atoms with Crippen molar-refractivity contribution in [1.82, 2.24) is 14.7 Å². The van der Waals surface area contributed by atoms with Crippen LogP contribution in [0, 0.1) is 5.92 Å². The first-order chi connectivity index (χ1) is 20.2. The Bertz CT molecular complexity index is 1560. The number of amides is 1. The van der Waals surface area contributed by atoms with Crippen molar-refractivity contribution in [2.75, 3.05) is 13.2 Å². The smallest absolute Gasteiger partial charge is 0.279 e. The van der Waals surface area contributed by atoms with Gasteiger partial charge in [-0.05, 0) is 67.2 Å². The summed E-state index contributed by atoms with van der Waals surface area (Å²) < 4.78 is 8.14. The second-order valence-electron chi connectivity index (χ2n) is 12.0. The molecule has 1 fully saturated rings. The molecule has 0 saturated carbocycles. The summed E-state index contributed by atoms with van der Waals surface area (Å²) in [4.78, 5) is 39.3. The van der Waals surface area contributed by atoms with E-state index in [2.05, 4.69) is 18.1 Å².